The first-order chi connectivity index (χ1) is 23.0. The van der Waals surface area contributed by atoms with Gasteiger partial charge in [-0.3, -0.25) is 14.3 Å². The summed E-state index contributed by atoms with van der Waals surface area (Å²) in [5.41, 5.74) is 5.37. The van der Waals surface area contributed by atoms with Crippen molar-refractivity contribution in [1.82, 2.24) is 19.5 Å². The van der Waals surface area contributed by atoms with E-state index in [1.165, 1.54) is 25.7 Å². The van der Waals surface area contributed by atoms with Gasteiger partial charge in [0.05, 0.1) is 5.69 Å². The molecule has 1 saturated heterocycles. The van der Waals surface area contributed by atoms with Gasteiger partial charge < -0.3 is 15.4 Å². The van der Waals surface area contributed by atoms with Crippen molar-refractivity contribution in [2.75, 3.05) is 23.8 Å². The lowest BCUT2D eigenvalue weighted by Gasteiger charge is -2.24. The second kappa shape index (κ2) is 15.5. The summed E-state index contributed by atoms with van der Waals surface area (Å²) in [5, 5.41) is 8.40. The lowest BCUT2D eigenvalue weighted by atomic mass is 9.96. The van der Waals surface area contributed by atoms with Crippen LogP contribution >= 0.6 is 11.6 Å². The third-order valence-electron chi connectivity index (χ3n) is 8.98. The molecule has 2 aromatic carbocycles. The smallest absolute Gasteiger partial charge is 0.260 e. The maximum absolute atomic E-state index is 14.4. The van der Waals surface area contributed by atoms with Crippen molar-refractivity contribution in [3.8, 4) is 22.4 Å². The highest BCUT2D eigenvalue weighted by Crippen LogP contribution is 2.33. The molecule has 244 valence electrons. The minimum atomic E-state index is -0.104. The van der Waals surface area contributed by atoms with Gasteiger partial charge in [0.15, 0.2) is 0 Å². The van der Waals surface area contributed by atoms with Gasteiger partial charge >= 0.3 is 0 Å². The van der Waals surface area contributed by atoms with E-state index in [-0.39, 0.29) is 5.56 Å². The third kappa shape index (κ3) is 8.00. The zero-order valence-electron chi connectivity index (χ0n) is 27.2. The summed E-state index contributed by atoms with van der Waals surface area (Å²) in [6.07, 6.45) is 11.3. The number of nitrogens with zero attached hydrogens (tertiary/aromatic N) is 4. The normalized spacial score (nSPS) is 14.3. The maximum atomic E-state index is 14.4. The number of halogens is 1. The molecule has 0 saturated carbocycles. The van der Waals surface area contributed by atoms with Crippen molar-refractivity contribution < 1.29 is 4.74 Å². The van der Waals surface area contributed by atoms with Crippen molar-refractivity contribution in [2.45, 2.75) is 71.4 Å². The molecule has 47 heavy (non-hydrogen) atoms. The highest BCUT2D eigenvalue weighted by molar-refractivity contribution is 6.31. The molecule has 6 rings (SSSR count). The summed E-state index contributed by atoms with van der Waals surface area (Å²) in [6, 6.07) is 21.9. The van der Waals surface area contributed by atoms with E-state index in [1.54, 1.807) is 12.4 Å². The Morgan fingerprint density at radius 2 is 1.74 bits per heavy atom. The van der Waals surface area contributed by atoms with E-state index < -0.39 is 0 Å². The van der Waals surface area contributed by atoms with Crippen molar-refractivity contribution >= 4 is 40.0 Å². The Balaban J connectivity index is 1.33. The molecule has 9 heteroatoms. The number of aromatic nitrogens is 4. The zero-order chi connectivity index (χ0) is 32.6. The number of nitrogens with one attached hydrogen (secondary N) is 2. The molecule has 5 aromatic rings. The Morgan fingerprint density at radius 1 is 0.936 bits per heavy atom. The molecule has 2 N–H and O–H groups in total. The Labute approximate surface area is 281 Å². The Bertz CT molecular complexity index is 1840. The van der Waals surface area contributed by atoms with Crippen LogP contribution in [0.15, 0.2) is 83.9 Å². The summed E-state index contributed by atoms with van der Waals surface area (Å²) in [6.45, 7) is 6.41. The average Bonchev–Trinajstić information content (AvgIpc) is 3.11. The molecule has 4 heterocycles. The molecule has 1 aliphatic rings. The minimum Gasteiger partial charge on any atom is -0.382 e. The number of pyridine rings is 2. The molecule has 0 aliphatic carbocycles. The molecular weight excluding hydrogens is 608 g/mol. The van der Waals surface area contributed by atoms with Crippen LogP contribution in [-0.2, 0) is 11.3 Å². The first-order valence-electron chi connectivity index (χ1n) is 16.9. The van der Waals surface area contributed by atoms with Crippen LogP contribution in [0.2, 0.25) is 5.02 Å². The maximum Gasteiger partial charge on any atom is 0.260 e. The summed E-state index contributed by atoms with van der Waals surface area (Å²) >= 11 is 6.44. The summed E-state index contributed by atoms with van der Waals surface area (Å²) in [7, 11) is 0. The first-order valence-corrected chi connectivity index (χ1v) is 17.2. The van der Waals surface area contributed by atoms with Crippen LogP contribution in [0.3, 0.4) is 0 Å². The molecule has 1 unspecified atom stereocenters. The van der Waals surface area contributed by atoms with Gasteiger partial charge in [-0.1, -0.05) is 56.8 Å². The SMILES string of the molecule is CCCCCC(CC)Nc1ccc(Nc2ncc3cc(-c4ccc(Cl)cc4-c4ccccn4)c(=O)n(CC4CCOCC4)c3n2)cc1. The molecule has 3 aromatic heterocycles. The second-order valence-corrected chi connectivity index (χ2v) is 12.8. The van der Waals surface area contributed by atoms with Gasteiger partial charge in [-0.2, -0.15) is 4.98 Å². The number of rotatable bonds is 13. The molecule has 0 bridgehead atoms. The van der Waals surface area contributed by atoms with Crippen LogP contribution in [0.25, 0.3) is 33.4 Å². The fourth-order valence-corrected chi connectivity index (χ4v) is 6.46. The predicted molar refractivity (Wildman–Crippen MR) is 193 cm³/mol. The van der Waals surface area contributed by atoms with E-state index in [2.05, 4.69) is 46.6 Å². The van der Waals surface area contributed by atoms with Crippen LogP contribution in [-0.4, -0.2) is 38.8 Å². The first kappa shape index (κ1) is 32.7. The van der Waals surface area contributed by atoms with E-state index in [9.17, 15) is 4.79 Å². The van der Waals surface area contributed by atoms with Gasteiger partial charge in [-0.25, -0.2) is 4.98 Å². The van der Waals surface area contributed by atoms with Crippen molar-refractivity contribution in [2.24, 2.45) is 5.92 Å². The predicted octanol–water partition coefficient (Wildman–Crippen LogP) is 9.11. The Morgan fingerprint density at radius 3 is 2.49 bits per heavy atom. The van der Waals surface area contributed by atoms with Crippen LogP contribution in [0.1, 0.15) is 58.8 Å². The van der Waals surface area contributed by atoms with Gasteiger partial charge in [0.25, 0.3) is 5.56 Å². The zero-order valence-corrected chi connectivity index (χ0v) is 28.0. The lowest BCUT2D eigenvalue weighted by Crippen LogP contribution is -2.29. The fraction of sp³-hybridized carbons (Fsp3) is 0.368. The Hall–Kier alpha value is -4.27. The molecule has 0 radical (unpaired) electrons. The monoisotopic (exact) mass is 650 g/mol. The number of anilines is 3. The van der Waals surface area contributed by atoms with Gasteiger partial charge in [-0.05, 0) is 91.8 Å². The topological polar surface area (TPSA) is 94.0 Å². The number of fused-ring (bicyclic) bond motifs is 1. The van der Waals surface area contributed by atoms with Gasteiger partial charge in [0, 0.05) is 71.1 Å². The molecule has 1 aliphatic heterocycles. The molecule has 1 fully saturated rings. The van der Waals surface area contributed by atoms with Crippen molar-refractivity contribution in [3.05, 3.63) is 94.5 Å². The standard InChI is InChI=1S/C38H43ClN6O2/c1-3-5-6-9-29(4-2)42-30-12-14-31(15-13-30)43-38-41-24-27-22-34(32-16-11-28(39)23-33(32)35-10-7-8-19-40-35)37(46)45(36(27)44-38)25-26-17-20-47-21-18-26/h7-8,10-16,19,22-24,26,29,42H,3-6,9,17-18,20-21,25H2,1-2H3,(H,41,43,44). The lowest BCUT2D eigenvalue weighted by molar-refractivity contribution is 0.0613. The highest BCUT2D eigenvalue weighted by atomic mass is 35.5. The van der Waals surface area contributed by atoms with Crippen LogP contribution in [0, 0.1) is 5.92 Å². The molecule has 0 amide bonds. The number of benzene rings is 2. The van der Waals surface area contributed by atoms with Crippen LogP contribution < -0.4 is 16.2 Å². The summed E-state index contributed by atoms with van der Waals surface area (Å²) in [4.78, 5) is 28.6. The molecule has 1 atom stereocenters. The summed E-state index contributed by atoms with van der Waals surface area (Å²) < 4.78 is 7.44. The molecule has 8 nitrogen and oxygen atoms in total. The van der Waals surface area contributed by atoms with Gasteiger partial charge in [0.2, 0.25) is 5.95 Å². The average molecular weight is 651 g/mol. The van der Waals surface area contributed by atoms with Crippen molar-refractivity contribution in [1.29, 1.82) is 0 Å². The minimum absolute atomic E-state index is 0.104. The summed E-state index contributed by atoms with van der Waals surface area (Å²) in [5.74, 6) is 0.749. The number of ether oxygens (including phenoxy) is 1. The van der Waals surface area contributed by atoms with Crippen LogP contribution in [0.5, 0.6) is 0 Å². The number of unbranched alkanes of at least 4 members (excludes halogenated alkanes) is 2. The fourth-order valence-electron chi connectivity index (χ4n) is 6.29. The van der Waals surface area contributed by atoms with E-state index in [0.29, 0.717) is 53.9 Å². The van der Waals surface area contributed by atoms with E-state index >= 15 is 0 Å². The van der Waals surface area contributed by atoms with Crippen LogP contribution in [0.4, 0.5) is 17.3 Å². The number of hydrogen-bond donors (Lipinski definition) is 2. The van der Waals surface area contributed by atoms with E-state index in [1.807, 2.05) is 59.2 Å². The Kier molecular flexibility index (Phi) is 10.8. The van der Waals surface area contributed by atoms with E-state index in [4.69, 9.17) is 21.3 Å². The van der Waals surface area contributed by atoms with E-state index in [0.717, 1.165) is 52.8 Å². The quantitative estimate of drug-likeness (QED) is 0.123. The molecular formula is C38H43ClN6O2. The third-order valence-corrected chi connectivity index (χ3v) is 9.22. The number of hydrogen-bond acceptors (Lipinski definition) is 7. The molecule has 0 spiro atoms. The van der Waals surface area contributed by atoms with Gasteiger partial charge in [0.1, 0.15) is 5.65 Å². The van der Waals surface area contributed by atoms with Crippen molar-refractivity contribution in [3.63, 3.8) is 0 Å². The highest BCUT2D eigenvalue weighted by Gasteiger charge is 2.21. The van der Waals surface area contributed by atoms with Gasteiger partial charge in [-0.15, -0.1) is 0 Å². The largest absolute Gasteiger partial charge is 0.382 e. The second-order valence-electron chi connectivity index (χ2n) is 12.4.